The number of carbonyl (C=O) groups excluding carboxylic acids is 1. The number of fused-ring (bicyclic) bond motifs is 1. The summed E-state index contributed by atoms with van der Waals surface area (Å²) in [4.78, 5) is 22.9. The lowest BCUT2D eigenvalue weighted by atomic mass is 10.2. The summed E-state index contributed by atoms with van der Waals surface area (Å²) in [5.74, 6) is -0.416. The number of rotatable bonds is 4. The average Bonchev–Trinajstić information content (AvgIpc) is 2.35. The molecule has 0 saturated carbocycles. The van der Waals surface area contributed by atoms with Gasteiger partial charge < -0.3 is 15.2 Å². The third kappa shape index (κ3) is 2.76. The zero-order chi connectivity index (χ0) is 13.1. The molecule has 6 heteroatoms. The van der Waals surface area contributed by atoms with Crippen molar-refractivity contribution in [2.45, 2.75) is 24.3 Å². The van der Waals surface area contributed by atoms with Crippen LogP contribution in [-0.4, -0.2) is 28.8 Å². The van der Waals surface area contributed by atoms with Crippen molar-refractivity contribution in [2.75, 3.05) is 11.1 Å². The van der Waals surface area contributed by atoms with Crippen LogP contribution in [0.15, 0.2) is 23.1 Å². The van der Waals surface area contributed by atoms with E-state index in [9.17, 15) is 9.59 Å². The number of ether oxygens (including phenoxy) is 1. The standard InChI is InChI=1S/C12H13NO4S/c1-2-9-12(16)13-8-5-7(18-6-11(14)15)3-4-10(8)17-9/h3-5,9H,2,6H2,1H3,(H,13,16)(H,14,15). The molecule has 1 unspecified atom stereocenters. The van der Waals surface area contributed by atoms with Gasteiger partial charge in [0.2, 0.25) is 0 Å². The normalized spacial score (nSPS) is 17.6. The predicted molar refractivity (Wildman–Crippen MR) is 68.1 cm³/mol. The molecule has 1 aliphatic heterocycles. The van der Waals surface area contributed by atoms with Gasteiger partial charge in [-0.1, -0.05) is 6.92 Å². The molecule has 1 amide bonds. The monoisotopic (exact) mass is 267 g/mol. The minimum absolute atomic E-state index is 0.00875. The maximum Gasteiger partial charge on any atom is 0.313 e. The number of amides is 1. The molecule has 1 heterocycles. The highest BCUT2D eigenvalue weighted by molar-refractivity contribution is 8.00. The Hall–Kier alpha value is -1.69. The lowest BCUT2D eigenvalue weighted by molar-refractivity contribution is -0.134. The van der Waals surface area contributed by atoms with E-state index in [0.717, 1.165) is 4.90 Å². The van der Waals surface area contributed by atoms with E-state index in [4.69, 9.17) is 9.84 Å². The van der Waals surface area contributed by atoms with Gasteiger partial charge in [0.05, 0.1) is 11.4 Å². The number of thioether (sulfide) groups is 1. The molecule has 0 saturated heterocycles. The van der Waals surface area contributed by atoms with Gasteiger partial charge in [-0.25, -0.2) is 0 Å². The van der Waals surface area contributed by atoms with Gasteiger partial charge in [-0.2, -0.15) is 0 Å². The Kier molecular flexibility index (Phi) is 3.76. The Balaban J connectivity index is 2.15. The van der Waals surface area contributed by atoms with Crippen molar-refractivity contribution in [1.82, 2.24) is 0 Å². The van der Waals surface area contributed by atoms with Crippen LogP contribution in [0.5, 0.6) is 5.75 Å². The zero-order valence-corrected chi connectivity index (χ0v) is 10.6. The second-order valence-electron chi connectivity index (χ2n) is 3.84. The fourth-order valence-corrected chi connectivity index (χ4v) is 2.29. The van der Waals surface area contributed by atoms with Crippen LogP contribution in [-0.2, 0) is 9.59 Å². The summed E-state index contributed by atoms with van der Waals surface area (Å²) in [6, 6.07) is 5.27. The van der Waals surface area contributed by atoms with Crippen molar-refractivity contribution in [3.8, 4) is 5.75 Å². The van der Waals surface area contributed by atoms with Crippen LogP contribution in [0.1, 0.15) is 13.3 Å². The van der Waals surface area contributed by atoms with E-state index in [1.165, 1.54) is 11.8 Å². The molecule has 5 nitrogen and oxygen atoms in total. The SMILES string of the molecule is CCC1Oc2ccc(SCC(=O)O)cc2NC1=O. The molecule has 1 aromatic rings. The van der Waals surface area contributed by atoms with E-state index >= 15 is 0 Å². The van der Waals surface area contributed by atoms with Gasteiger partial charge in [0.25, 0.3) is 5.91 Å². The smallest absolute Gasteiger partial charge is 0.313 e. The summed E-state index contributed by atoms with van der Waals surface area (Å²) < 4.78 is 5.54. The number of carbonyl (C=O) groups is 2. The van der Waals surface area contributed by atoms with Crippen molar-refractivity contribution in [3.63, 3.8) is 0 Å². The molecule has 0 aliphatic carbocycles. The summed E-state index contributed by atoms with van der Waals surface area (Å²) in [5, 5.41) is 11.4. The third-order valence-corrected chi connectivity index (χ3v) is 3.48. The zero-order valence-electron chi connectivity index (χ0n) is 9.80. The number of hydrogen-bond acceptors (Lipinski definition) is 4. The van der Waals surface area contributed by atoms with E-state index in [-0.39, 0.29) is 11.7 Å². The highest BCUT2D eigenvalue weighted by atomic mass is 32.2. The lowest BCUT2D eigenvalue weighted by Gasteiger charge is -2.25. The Bertz CT molecular complexity index is 489. The molecule has 2 N–H and O–H groups in total. The van der Waals surface area contributed by atoms with E-state index in [1.54, 1.807) is 18.2 Å². The first-order chi connectivity index (χ1) is 8.60. The molecule has 1 aliphatic rings. The van der Waals surface area contributed by atoms with Crippen LogP contribution >= 0.6 is 11.8 Å². The third-order valence-electron chi connectivity index (χ3n) is 2.50. The van der Waals surface area contributed by atoms with Gasteiger partial charge in [0.1, 0.15) is 5.75 Å². The minimum atomic E-state index is -0.871. The van der Waals surface area contributed by atoms with E-state index in [2.05, 4.69) is 5.32 Å². The summed E-state index contributed by atoms with van der Waals surface area (Å²) in [7, 11) is 0. The van der Waals surface area contributed by atoms with Crippen LogP contribution in [0.4, 0.5) is 5.69 Å². The predicted octanol–water partition coefficient (Wildman–Crippen LogP) is 1.97. The van der Waals surface area contributed by atoms with E-state index < -0.39 is 12.1 Å². The second kappa shape index (κ2) is 5.30. The van der Waals surface area contributed by atoms with Crippen LogP contribution in [0.25, 0.3) is 0 Å². The fourth-order valence-electron chi connectivity index (χ4n) is 1.63. The van der Waals surface area contributed by atoms with Crippen LogP contribution in [0.3, 0.4) is 0 Å². The van der Waals surface area contributed by atoms with Gasteiger partial charge >= 0.3 is 5.97 Å². The van der Waals surface area contributed by atoms with Crippen molar-refractivity contribution in [3.05, 3.63) is 18.2 Å². The Morgan fingerprint density at radius 1 is 1.56 bits per heavy atom. The summed E-state index contributed by atoms with van der Waals surface area (Å²) in [6.45, 7) is 1.88. The molecule has 0 fully saturated rings. The average molecular weight is 267 g/mol. The fraction of sp³-hybridized carbons (Fsp3) is 0.333. The number of benzene rings is 1. The Morgan fingerprint density at radius 3 is 3.00 bits per heavy atom. The highest BCUT2D eigenvalue weighted by Crippen LogP contribution is 2.34. The van der Waals surface area contributed by atoms with Crippen LogP contribution in [0, 0.1) is 0 Å². The summed E-state index contributed by atoms with van der Waals surface area (Å²) in [5.41, 5.74) is 0.597. The van der Waals surface area contributed by atoms with Crippen molar-refractivity contribution >= 4 is 29.3 Å². The molecule has 96 valence electrons. The first kappa shape index (κ1) is 12.8. The number of aliphatic carboxylic acids is 1. The molecule has 0 spiro atoms. The molecule has 1 aromatic carbocycles. The molecule has 2 rings (SSSR count). The topological polar surface area (TPSA) is 75.6 Å². The minimum Gasteiger partial charge on any atom is -0.481 e. The largest absolute Gasteiger partial charge is 0.481 e. The summed E-state index contributed by atoms with van der Waals surface area (Å²) in [6.07, 6.45) is 0.163. The first-order valence-electron chi connectivity index (χ1n) is 5.56. The number of carboxylic acid groups (broad SMARTS) is 1. The highest BCUT2D eigenvalue weighted by Gasteiger charge is 2.25. The summed E-state index contributed by atoms with van der Waals surface area (Å²) >= 11 is 1.20. The molecular formula is C12H13NO4S. The number of carboxylic acids is 1. The van der Waals surface area contributed by atoms with E-state index in [0.29, 0.717) is 17.9 Å². The number of nitrogens with one attached hydrogen (secondary N) is 1. The van der Waals surface area contributed by atoms with Crippen molar-refractivity contribution < 1.29 is 19.4 Å². The molecule has 0 radical (unpaired) electrons. The Morgan fingerprint density at radius 2 is 2.33 bits per heavy atom. The van der Waals surface area contributed by atoms with Crippen molar-refractivity contribution in [1.29, 1.82) is 0 Å². The maximum absolute atomic E-state index is 11.6. The second-order valence-corrected chi connectivity index (χ2v) is 4.89. The quantitative estimate of drug-likeness (QED) is 0.816. The van der Waals surface area contributed by atoms with Gasteiger partial charge in [-0.15, -0.1) is 11.8 Å². The Labute approximate surface area is 109 Å². The molecule has 0 aromatic heterocycles. The molecule has 18 heavy (non-hydrogen) atoms. The number of anilines is 1. The van der Waals surface area contributed by atoms with Crippen LogP contribution in [0.2, 0.25) is 0 Å². The van der Waals surface area contributed by atoms with Gasteiger partial charge in [0, 0.05) is 4.90 Å². The van der Waals surface area contributed by atoms with Crippen molar-refractivity contribution in [2.24, 2.45) is 0 Å². The van der Waals surface area contributed by atoms with Gasteiger partial charge in [0.15, 0.2) is 6.10 Å². The van der Waals surface area contributed by atoms with Gasteiger partial charge in [-0.05, 0) is 24.6 Å². The molecular weight excluding hydrogens is 254 g/mol. The van der Waals surface area contributed by atoms with Gasteiger partial charge in [-0.3, -0.25) is 9.59 Å². The van der Waals surface area contributed by atoms with Crippen LogP contribution < -0.4 is 10.1 Å². The lowest BCUT2D eigenvalue weighted by Crippen LogP contribution is -2.36. The van der Waals surface area contributed by atoms with E-state index in [1.807, 2.05) is 6.92 Å². The molecule has 0 bridgehead atoms. The number of hydrogen-bond donors (Lipinski definition) is 2. The molecule has 1 atom stereocenters. The maximum atomic E-state index is 11.6. The first-order valence-corrected chi connectivity index (χ1v) is 6.55.